The van der Waals surface area contributed by atoms with Crippen molar-refractivity contribution in [2.24, 2.45) is 29.6 Å². The molecule has 3 atom stereocenters. The molecule has 0 aromatic carbocycles. The second kappa shape index (κ2) is 7.45. The molecule has 3 aliphatic rings. The third-order valence-electron chi connectivity index (χ3n) is 6.30. The predicted molar refractivity (Wildman–Crippen MR) is 88.2 cm³/mol. The normalized spacial score (nSPS) is 58.2. The highest BCUT2D eigenvalue weighted by molar-refractivity contribution is 5.05. The van der Waals surface area contributed by atoms with Crippen molar-refractivity contribution in [3.05, 3.63) is 12.2 Å². The van der Waals surface area contributed by atoms with Crippen molar-refractivity contribution in [1.82, 2.24) is 0 Å². The first kappa shape index (κ1) is 12.0. The molecule has 22 heavy (non-hydrogen) atoms. The minimum absolute atomic E-state index is 0.357. The van der Waals surface area contributed by atoms with Crippen LogP contribution in [0.5, 0.6) is 0 Å². The van der Waals surface area contributed by atoms with Crippen molar-refractivity contribution in [3.8, 4) is 0 Å². The van der Waals surface area contributed by atoms with Crippen molar-refractivity contribution in [3.63, 3.8) is 0 Å². The molecule has 0 spiro atoms. The van der Waals surface area contributed by atoms with Crippen LogP contribution in [-0.4, -0.2) is 12.3 Å². The first-order valence-corrected chi connectivity index (χ1v) is 9.15. The lowest BCUT2D eigenvalue weighted by atomic mass is 9.66. The van der Waals surface area contributed by atoms with Gasteiger partial charge in [-0.3, -0.25) is 0 Å². The molecule has 0 amide bonds. The average Bonchev–Trinajstić information content (AvgIpc) is 2.64. The molecule has 0 aromatic rings. The quantitative estimate of drug-likeness (QED) is 0.539. The number of alkyl halides is 2. The largest absolute Gasteiger partial charge is 0.244 e. The summed E-state index contributed by atoms with van der Waals surface area (Å²) in [5.41, 5.74) is 0. The summed E-state index contributed by atoms with van der Waals surface area (Å²) < 4.78 is 60.6. The fourth-order valence-electron chi connectivity index (χ4n) is 4.73. The summed E-state index contributed by atoms with van der Waals surface area (Å²) in [5, 5.41) is 0. The molecule has 0 saturated heterocycles. The van der Waals surface area contributed by atoms with E-state index in [0.29, 0.717) is 18.8 Å². The molecule has 2 heteroatoms. The Kier molecular flexibility index (Phi) is 4.07. The molecule has 0 N–H and O–H groups in total. The molecule has 0 radical (unpaired) electrons. The first-order valence-electron chi connectivity index (χ1n) is 11.2. The highest BCUT2D eigenvalue weighted by Crippen LogP contribution is 2.44. The Morgan fingerprint density at radius 3 is 2.05 bits per heavy atom. The van der Waals surface area contributed by atoms with Gasteiger partial charge in [0.2, 0.25) is 0 Å². The third-order valence-corrected chi connectivity index (χ3v) is 6.30. The maximum atomic E-state index is 14.5. The molecule has 2 saturated carbocycles. The predicted octanol–water partition coefficient (Wildman–Crippen LogP) is 6.26. The molecule has 126 valence electrons. The van der Waals surface area contributed by atoms with Crippen molar-refractivity contribution in [2.75, 3.05) is 0 Å². The van der Waals surface area contributed by atoms with Crippen LogP contribution in [0.4, 0.5) is 8.78 Å². The van der Waals surface area contributed by atoms with E-state index < -0.39 is 24.6 Å². The zero-order valence-corrected chi connectivity index (χ0v) is 13.7. The highest BCUT2D eigenvalue weighted by Gasteiger charge is 2.35. The van der Waals surface area contributed by atoms with Gasteiger partial charge in [0, 0.05) is 4.11 Å². The monoisotopic (exact) mass is 314 g/mol. The van der Waals surface area contributed by atoms with Crippen molar-refractivity contribution in [1.29, 1.82) is 0 Å². The smallest absolute Gasteiger partial charge is 0.149 e. The number of allylic oxidation sites excluding steroid dienone is 2. The van der Waals surface area contributed by atoms with E-state index in [4.69, 9.17) is 5.48 Å². The van der Waals surface area contributed by atoms with Gasteiger partial charge in [0.1, 0.15) is 12.3 Å². The maximum absolute atomic E-state index is 14.5. The summed E-state index contributed by atoms with van der Waals surface area (Å²) in [4.78, 5) is 0. The van der Waals surface area contributed by atoms with Crippen LogP contribution in [0.2, 0.25) is 0 Å². The van der Waals surface area contributed by atoms with Crippen LogP contribution < -0.4 is 0 Å². The summed E-state index contributed by atoms with van der Waals surface area (Å²) in [6.07, 6.45) is 3.11. The molecule has 3 aliphatic carbocycles. The molecule has 3 rings (SSSR count). The molecule has 3 unspecified atom stereocenters. The van der Waals surface area contributed by atoms with Crippen LogP contribution in [0.1, 0.15) is 76.6 Å². The third kappa shape index (κ3) is 3.74. The topological polar surface area (TPSA) is 0 Å². The lowest BCUT2D eigenvalue weighted by molar-refractivity contribution is 0.106. The Morgan fingerprint density at radius 1 is 0.909 bits per heavy atom. The van der Waals surface area contributed by atoms with Crippen LogP contribution in [0, 0.1) is 29.6 Å². The van der Waals surface area contributed by atoms with E-state index in [1.807, 2.05) is 0 Å². The maximum Gasteiger partial charge on any atom is 0.149 e. The standard InChI is InChI=1S/C20H32F2/c1-2-14-3-5-15(6-4-14)16-7-9-17(10-8-16)18-11-12-19(21)20(22)13-18/h11-12,14-20H,2-10,13H2,1H3/i13D2,18D,20D. The molecule has 0 nitrogen and oxygen atoms in total. The van der Waals surface area contributed by atoms with Gasteiger partial charge in [-0.1, -0.05) is 38.3 Å². The molecule has 0 heterocycles. The molecular weight excluding hydrogens is 278 g/mol. The van der Waals surface area contributed by atoms with E-state index in [9.17, 15) is 8.78 Å². The van der Waals surface area contributed by atoms with Gasteiger partial charge in [-0.2, -0.15) is 0 Å². The summed E-state index contributed by atoms with van der Waals surface area (Å²) in [5.74, 6) is -0.0133. The van der Waals surface area contributed by atoms with Crippen molar-refractivity contribution < 1.29 is 14.3 Å². The van der Waals surface area contributed by atoms with Crippen LogP contribution in [0.3, 0.4) is 0 Å². The van der Waals surface area contributed by atoms with Gasteiger partial charge in [-0.25, -0.2) is 8.78 Å². The lowest BCUT2D eigenvalue weighted by Gasteiger charge is -2.40. The van der Waals surface area contributed by atoms with Crippen LogP contribution >= 0.6 is 0 Å². The second-order valence-electron chi connectivity index (χ2n) is 7.49. The van der Waals surface area contributed by atoms with Crippen molar-refractivity contribution >= 4 is 0 Å². The van der Waals surface area contributed by atoms with Gasteiger partial charge in [-0.05, 0) is 74.5 Å². The number of hydrogen-bond acceptors (Lipinski definition) is 0. The van der Waals surface area contributed by atoms with Gasteiger partial charge < -0.3 is 0 Å². The molecule has 2 fully saturated rings. The highest BCUT2D eigenvalue weighted by atomic mass is 19.2. The molecule has 0 aromatic heterocycles. The summed E-state index contributed by atoms with van der Waals surface area (Å²) in [7, 11) is 0. The van der Waals surface area contributed by atoms with Gasteiger partial charge in [0.15, 0.2) is 0 Å². The SMILES string of the molecule is [2H]C1(F)C(F)C=CC([2H])(C2CCC(C3CCC(CC)CC3)CC2)C1([2H])[2H]. The number of hydrogen-bond donors (Lipinski definition) is 0. The van der Waals surface area contributed by atoms with Gasteiger partial charge in [-0.15, -0.1) is 0 Å². The fraction of sp³-hybridized carbons (Fsp3) is 0.900. The Balaban J connectivity index is 1.65. The molecule has 0 bridgehead atoms. The molecular formula is C20H32F2. The Morgan fingerprint density at radius 2 is 1.45 bits per heavy atom. The Labute approximate surface area is 140 Å². The average molecular weight is 314 g/mol. The molecule has 0 aliphatic heterocycles. The van der Waals surface area contributed by atoms with Gasteiger partial charge >= 0.3 is 0 Å². The van der Waals surface area contributed by atoms with E-state index in [1.54, 1.807) is 0 Å². The van der Waals surface area contributed by atoms with Crippen LogP contribution in [-0.2, 0) is 0 Å². The Bertz CT molecular complexity index is 520. The van der Waals surface area contributed by atoms with E-state index in [-0.39, 0.29) is 5.92 Å². The zero-order chi connectivity index (χ0) is 19.2. The van der Waals surface area contributed by atoms with E-state index >= 15 is 0 Å². The van der Waals surface area contributed by atoms with E-state index in [2.05, 4.69) is 6.92 Å². The lowest BCUT2D eigenvalue weighted by Crippen LogP contribution is -2.31. The van der Waals surface area contributed by atoms with Crippen LogP contribution in [0.15, 0.2) is 12.2 Å². The summed E-state index contributed by atoms with van der Waals surface area (Å²) >= 11 is 0. The summed E-state index contributed by atoms with van der Waals surface area (Å²) in [6, 6.07) is 0. The minimum Gasteiger partial charge on any atom is -0.244 e. The van der Waals surface area contributed by atoms with E-state index in [0.717, 1.165) is 30.8 Å². The van der Waals surface area contributed by atoms with Crippen molar-refractivity contribution in [2.45, 2.75) is 83.4 Å². The van der Waals surface area contributed by atoms with Crippen LogP contribution in [0.25, 0.3) is 0 Å². The fourth-order valence-corrected chi connectivity index (χ4v) is 4.73. The first-order chi connectivity index (χ1) is 12.1. The summed E-state index contributed by atoms with van der Waals surface area (Å²) in [6.45, 7) is 2.26. The zero-order valence-electron chi connectivity index (χ0n) is 17.7. The van der Waals surface area contributed by atoms with E-state index in [1.165, 1.54) is 38.2 Å². The number of halogens is 2. The van der Waals surface area contributed by atoms with Gasteiger partial charge in [0.05, 0.1) is 1.37 Å². The van der Waals surface area contributed by atoms with Gasteiger partial charge in [0.25, 0.3) is 0 Å². The minimum atomic E-state index is -3.40. The Hall–Kier alpha value is -0.400. The second-order valence-corrected chi connectivity index (χ2v) is 7.49. The number of rotatable bonds is 3.